The van der Waals surface area contributed by atoms with Crippen molar-refractivity contribution < 1.29 is 0 Å². The van der Waals surface area contributed by atoms with E-state index < -0.39 is 0 Å². The predicted molar refractivity (Wildman–Crippen MR) is 86.3 cm³/mol. The smallest absolute Gasteiger partial charge is 0.0538 e. The molecule has 0 radical (unpaired) electrons. The first-order valence-corrected chi connectivity index (χ1v) is 8.33. The first-order chi connectivity index (χ1) is 10.3. The largest absolute Gasteiger partial charge is 0.357 e. The number of allylic oxidation sites excluding steroid dienone is 2. The van der Waals surface area contributed by atoms with Crippen LogP contribution in [0.3, 0.4) is 0 Å². The fourth-order valence-electron chi connectivity index (χ4n) is 5.06. The number of benzene rings is 1. The van der Waals surface area contributed by atoms with Crippen LogP contribution in [0.25, 0.3) is 10.9 Å². The zero-order valence-corrected chi connectivity index (χ0v) is 12.5. The quantitative estimate of drug-likeness (QED) is 0.720. The van der Waals surface area contributed by atoms with E-state index in [1.807, 2.05) is 0 Å². The van der Waals surface area contributed by atoms with Gasteiger partial charge in [-0.05, 0) is 49.7 Å². The molecule has 4 atom stereocenters. The number of H-pyrrole nitrogens is 1. The molecule has 0 amide bonds. The van der Waals surface area contributed by atoms with Crippen molar-refractivity contribution in [3.63, 3.8) is 0 Å². The van der Waals surface area contributed by atoms with Gasteiger partial charge in [0.05, 0.1) is 6.04 Å². The first-order valence-electron chi connectivity index (χ1n) is 8.33. The predicted octanol–water partition coefficient (Wildman–Crippen LogP) is 4.05. The van der Waals surface area contributed by atoms with Gasteiger partial charge in [-0.25, -0.2) is 0 Å². The summed E-state index contributed by atoms with van der Waals surface area (Å²) in [5, 5.41) is 1.45. The molecule has 5 rings (SSSR count). The van der Waals surface area contributed by atoms with E-state index in [4.69, 9.17) is 0 Å². The van der Waals surface area contributed by atoms with Gasteiger partial charge in [-0.3, -0.25) is 4.90 Å². The molecule has 3 heterocycles. The van der Waals surface area contributed by atoms with Gasteiger partial charge in [0.2, 0.25) is 0 Å². The fourth-order valence-corrected chi connectivity index (χ4v) is 5.06. The van der Waals surface area contributed by atoms with Crippen molar-refractivity contribution in [2.24, 2.45) is 11.8 Å². The van der Waals surface area contributed by atoms with Crippen molar-refractivity contribution >= 4 is 10.9 Å². The summed E-state index contributed by atoms with van der Waals surface area (Å²) in [6, 6.07) is 10.1. The van der Waals surface area contributed by atoms with Gasteiger partial charge in [0, 0.05) is 29.2 Å². The molecule has 3 aliphatic rings. The molecule has 2 nitrogen and oxygen atoms in total. The SMILES string of the molecule is C[C@H]1Cc2c([nH]c3ccccc23)[C@@H]2[C@H]3CC=CC[C@@H]3CN21. The zero-order valence-electron chi connectivity index (χ0n) is 12.5. The highest BCUT2D eigenvalue weighted by molar-refractivity contribution is 5.85. The summed E-state index contributed by atoms with van der Waals surface area (Å²) >= 11 is 0. The van der Waals surface area contributed by atoms with Crippen LogP contribution >= 0.6 is 0 Å². The summed E-state index contributed by atoms with van der Waals surface area (Å²) in [6.45, 7) is 3.71. The van der Waals surface area contributed by atoms with Gasteiger partial charge in [0.15, 0.2) is 0 Å². The van der Waals surface area contributed by atoms with E-state index in [9.17, 15) is 0 Å². The van der Waals surface area contributed by atoms with Crippen molar-refractivity contribution in [2.75, 3.05) is 6.54 Å². The molecule has 21 heavy (non-hydrogen) atoms. The molecule has 0 saturated carbocycles. The Balaban J connectivity index is 1.70. The van der Waals surface area contributed by atoms with Crippen molar-refractivity contribution in [1.29, 1.82) is 0 Å². The maximum Gasteiger partial charge on any atom is 0.0538 e. The lowest BCUT2D eigenvalue weighted by atomic mass is 9.79. The monoisotopic (exact) mass is 278 g/mol. The second-order valence-corrected chi connectivity index (χ2v) is 7.12. The molecule has 2 aromatic rings. The summed E-state index contributed by atoms with van der Waals surface area (Å²) in [4.78, 5) is 6.55. The summed E-state index contributed by atoms with van der Waals surface area (Å²) < 4.78 is 0. The fraction of sp³-hybridized carbons (Fsp3) is 0.474. The third-order valence-corrected chi connectivity index (χ3v) is 6.04. The van der Waals surface area contributed by atoms with Gasteiger partial charge < -0.3 is 4.98 Å². The number of aromatic amines is 1. The van der Waals surface area contributed by atoms with Crippen LogP contribution < -0.4 is 0 Å². The highest BCUT2D eigenvalue weighted by Crippen LogP contribution is 2.51. The van der Waals surface area contributed by atoms with E-state index >= 15 is 0 Å². The molecule has 1 saturated heterocycles. The summed E-state index contributed by atoms with van der Waals surface area (Å²) in [5.74, 6) is 1.67. The molecule has 1 fully saturated rings. The van der Waals surface area contributed by atoms with E-state index in [1.54, 1.807) is 5.56 Å². The molecule has 2 heteroatoms. The number of hydrogen-bond acceptors (Lipinski definition) is 1. The van der Waals surface area contributed by atoms with Crippen LogP contribution in [0.2, 0.25) is 0 Å². The summed E-state index contributed by atoms with van der Waals surface area (Å²) in [7, 11) is 0. The Morgan fingerprint density at radius 3 is 2.95 bits per heavy atom. The first kappa shape index (κ1) is 12.0. The van der Waals surface area contributed by atoms with Crippen LogP contribution in [0.4, 0.5) is 0 Å². The molecular formula is C19H22N2. The Kier molecular flexibility index (Phi) is 2.43. The second-order valence-electron chi connectivity index (χ2n) is 7.12. The number of nitrogens with zero attached hydrogens (tertiary/aromatic N) is 1. The van der Waals surface area contributed by atoms with E-state index in [0.29, 0.717) is 12.1 Å². The molecule has 1 aromatic carbocycles. The Hall–Kier alpha value is -1.54. The van der Waals surface area contributed by atoms with Crippen LogP contribution in [-0.2, 0) is 6.42 Å². The average molecular weight is 278 g/mol. The number of aromatic nitrogens is 1. The molecular weight excluding hydrogens is 256 g/mol. The summed E-state index contributed by atoms with van der Waals surface area (Å²) in [6.07, 6.45) is 8.54. The van der Waals surface area contributed by atoms with Gasteiger partial charge in [-0.15, -0.1) is 0 Å². The Bertz CT molecular complexity index is 726. The highest BCUT2D eigenvalue weighted by atomic mass is 15.2. The standard InChI is InChI=1S/C19H22N2/c1-12-10-16-15-8-4-5-9-17(15)20-18(16)19-14-7-3-2-6-13(14)11-21(12)19/h2-5,8-9,12-14,19-20H,6-7,10-11H2,1H3/t12-,13+,14-,19-/m0/s1. The van der Waals surface area contributed by atoms with E-state index in [0.717, 1.165) is 11.8 Å². The molecule has 0 unspecified atom stereocenters. The molecule has 0 spiro atoms. The number of fused-ring (bicyclic) bond motifs is 7. The van der Waals surface area contributed by atoms with Gasteiger partial charge in [-0.2, -0.15) is 0 Å². The van der Waals surface area contributed by atoms with Gasteiger partial charge >= 0.3 is 0 Å². The number of hydrogen-bond donors (Lipinski definition) is 1. The van der Waals surface area contributed by atoms with Gasteiger partial charge in [-0.1, -0.05) is 30.4 Å². The van der Waals surface area contributed by atoms with Crippen LogP contribution in [0.15, 0.2) is 36.4 Å². The van der Waals surface area contributed by atoms with Gasteiger partial charge in [0.1, 0.15) is 0 Å². The van der Waals surface area contributed by atoms with Crippen molar-refractivity contribution in [3.8, 4) is 0 Å². The molecule has 2 aliphatic heterocycles. The number of nitrogens with one attached hydrogen (secondary N) is 1. The molecule has 0 bridgehead atoms. The van der Waals surface area contributed by atoms with Crippen molar-refractivity contribution in [2.45, 2.75) is 38.3 Å². The molecule has 1 aromatic heterocycles. The third kappa shape index (κ3) is 1.57. The topological polar surface area (TPSA) is 19.0 Å². The van der Waals surface area contributed by atoms with E-state index in [1.165, 1.54) is 42.4 Å². The van der Waals surface area contributed by atoms with Crippen LogP contribution in [-0.4, -0.2) is 22.5 Å². The van der Waals surface area contributed by atoms with Crippen molar-refractivity contribution in [3.05, 3.63) is 47.7 Å². The Labute approximate surface area is 125 Å². The molecule has 1 N–H and O–H groups in total. The maximum atomic E-state index is 3.78. The van der Waals surface area contributed by atoms with Crippen LogP contribution in [0.1, 0.15) is 37.1 Å². The van der Waals surface area contributed by atoms with Crippen molar-refractivity contribution in [1.82, 2.24) is 9.88 Å². The lowest BCUT2D eigenvalue weighted by Crippen LogP contribution is -2.39. The van der Waals surface area contributed by atoms with Crippen LogP contribution in [0.5, 0.6) is 0 Å². The molecule has 108 valence electrons. The van der Waals surface area contributed by atoms with E-state index in [2.05, 4.69) is 53.2 Å². The lowest BCUT2D eigenvalue weighted by molar-refractivity contribution is 0.153. The zero-order chi connectivity index (χ0) is 14.0. The van der Waals surface area contributed by atoms with Crippen LogP contribution in [0, 0.1) is 11.8 Å². The normalized spacial score (nSPS) is 34.7. The lowest BCUT2D eigenvalue weighted by Gasteiger charge is -2.37. The molecule has 1 aliphatic carbocycles. The minimum atomic E-state index is 0.617. The highest BCUT2D eigenvalue weighted by Gasteiger charge is 2.47. The minimum absolute atomic E-state index is 0.617. The Morgan fingerprint density at radius 1 is 1.14 bits per heavy atom. The number of rotatable bonds is 0. The third-order valence-electron chi connectivity index (χ3n) is 6.04. The average Bonchev–Trinajstić information content (AvgIpc) is 3.06. The summed E-state index contributed by atoms with van der Waals surface area (Å²) in [5.41, 5.74) is 4.44. The van der Waals surface area contributed by atoms with E-state index in [-0.39, 0.29) is 0 Å². The number of para-hydroxylation sites is 1. The second kappa shape index (κ2) is 4.23. The van der Waals surface area contributed by atoms with Gasteiger partial charge in [0.25, 0.3) is 0 Å². The Morgan fingerprint density at radius 2 is 2.00 bits per heavy atom. The minimum Gasteiger partial charge on any atom is -0.357 e. The maximum absolute atomic E-state index is 3.78.